The van der Waals surface area contributed by atoms with Crippen LogP contribution in [-0.4, -0.2) is 29.3 Å². The van der Waals surface area contributed by atoms with E-state index in [2.05, 4.69) is 55.5 Å². The van der Waals surface area contributed by atoms with E-state index in [4.69, 9.17) is 0 Å². The van der Waals surface area contributed by atoms with Gasteiger partial charge in [-0.2, -0.15) is 5.10 Å². The fourth-order valence-electron chi connectivity index (χ4n) is 2.95. The monoisotopic (exact) mass is 343 g/mol. The summed E-state index contributed by atoms with van der Waals surface area (Å²) in [6.45, 7) is 11.8. The van der Waals surface area contributed by atoms with Crippen LogP contribution in [0, 0.1) is 13.8 Å². The zero-order valence-electron chi connectivity index (χ0n) is 16.5. The van der Waals surface area contributed by atoms with E-state index >= 15 is 0 Å². The van der Waals surface area contributed by atoms with Crippen molar-refractivity contribution in [3.8, 4) is 0 Å². The van der Waals surface area contributed by atoms with Crippen molar-refractivity contribution in [3.05, 3.63) is 46.8 Å². The number of nitrogens with one attached hydrogen (secondary N) is 2. The van der Waals surface area contributed by atoms with E-state index in [0.29, 0.717) is 6.54 Å². The summed E-state index contributed by atoms with van der Waals surface area (Å²) in [4.78, 5) is 13.5. The number of quaternary nitrogens is 1. The van der Waals surface area contributed by atoms with E-state index in [1.54, 1.807) is 4.68 Å². The molecular formula is C20H31N4O+. The largest absolute Gasteiger partial charge is 0.326 e. The topological polar surface area (TPSA) is 51.4 Å². The van der Waals surface area contributed by atoms with Crippen molar-refractivity contribution in [2.75, 3.05) is 18.9 Å². The van der Waals surface area contributed by atoms with Gasteiger partial charge in [0.1, 0.15) is 6.54 Å². The van der Waals surface area contributed by atoms with Crippen LogP contribution in [0.15, 0.2) is 24.3 Å². The lowest BCUT2D eigenvalue weighted by atomic mass is 9.87. The van der Waals surface area contributed by atoms with Crippen LogP contribution in [0.3, 0.4) is 0 Å². The fraction of sp³-hybridized carbons (Fsp3) is 0.500. The number of hydrogen-bond acceptors (Lipinski definition) is 2. The number of aryl methyl sites for hydroxylation is 2. The number of carbonyl (C=O) groups is 1. The maximum absolute atomic E-state index is 12.3. The molecule has 0 fully saturated rings. The number of carbonyl (C=O) groups excluding carboxylic acids is 1. The third-order valence-corrected chi connectivity index (χ3v) is 4.56. The number of aromatic nitrogens is 2. The van der Waals surface area contributed by atoms with Crippen molar-refractivity contribution < 1.29 is 9.69 Å². The zero-order chi connectivity index (χ0) is 18.8. The Hall–Kier alpha value is -2.14. The summed E-state index contributed by atoms with van der Waals surface area (Å²) < 4.78 is 1.79. The number of anilines is 1. The summed E-state index contributed by atoms with van der Waals surface area (Å²) in [5, 5.41) is 7.34. The molecule has 1 atom stereocenters. The van der Waals surface area contributed by atoms with Crippen LogP contribution >= 0.6 is 0 Å². The Labute approximate surface area is 151 Å². The first kappa shape index (κ1) is 19.2. The highest BCUT2D eigenvalue weighted by molar-refractivity contribution is 5.92. The van der Waals surface area contributed by atoms with Gasteiger partial charge in [-0.1, -0.05) is 45.0 Å². The number of nitrogens with zero attached hydrogens (tertiary/aromatic N) is 2. The molecule has 1 amide bonds. The van der Waals surface area contributed by atoms with Gasteiger partial charge >= 0.3 is 0 Å². The van der Waals surface area contributed by atoms with Gasteiger partial charge in [-0.25, -0.2) is 0 Å². The Kier molecular flexibility index (Phi) is 5.68. The van der Waals surface area contributed by atoms with Gasteiger partial charge in [-0.05, 0) is 24.8 Å². The van der Waals surface area contributed by atoms with Crippen LogP contribution in [0.2, 0.25) is 0 Å². The van der Waals surface area contributed by atoms with Crippen LogP contribution in [0.4, 0.5) is 5.69 Å². The van der Waals surface area contributed by atoms with E-state index in [-0.39, 0.29) is 11.3 Å². The quantitative estimate of drug-likeness (QED) is 0.872. The van der Waals surface area contributed by atoms with E-state index in [1.807, 2.05) is 27.9 Å². The molecule has 2 rings (SSSR count). The number of amides is 1. The fourth-order valence-corrected chi connectivity index (χ4v) is 2.95. The van der Waals surface area contributed by atoms with E-state index in [0.717, 1.165) is 28.5 Å². The van der Waals surface area contributed by atoms with Gasteiger partial charge in [0.15, 0.2) is 6.54 Å². The van der Waals surface area contributed by atoms with Crippen LogP contribution in [0.25, 0.3) is 0 Å². The predicted molar refractivity (Wildman–Crippen MR) is 102 cm³/mol. The standard InChI is InChI=1S/C20H30N4O/c1-14-19(15(2)24(7)22-14)21-18(25)13-23(6)12-16-8-10-17(11-9-16)20(3,4)5/h8-11H,12-13H2,1-7H3,(H,21,25)/p+1. The first-order chi connectivity index (χ1) is 11.6. The minimum Gasteiger partial charge on any atom is -0.326 e. The van der Waals surface area contributed by atoms with Gasteiger partial charge in [0.05, 0.1) is 24.1 Å². The molecule has 5 nitrogen and oxygen atoms in total. The summed E-state index contributed by atoms with van der Waals surface area (Å²) in [6.07, 6.45) is 0. The van der Waals surface area contributed by atoms with Crippen molar-refractivity contribution in [1.29, 1.82) is 0 Å². The molecule has 0 spiro atoms. The van der Waals surface area contributed by atoms with Gasteiger partial charge < -0.3 is 10.2 Å². The maximum Gasteiger partial charge on any atom is 0.279 e. The lowest BCUT2D eigenvalue weighted by molar-refractivity contribution is -0.885. The highest BCUT2D eigenvalue weighted by atomic mass is 16.2. The van der Waals surface area contributed by atoms with Crippen molar-refractivity contribution in [3.63, 3.8) is 0 Å². The van der Waals surface area contributed by atoms with Gasteiger partial charge in [-0.3, -0.25) is 9.48 Å². The molecule has 1 heterocycles. The maximum atomic E-state index is 12.3. The number of hydrogen-bond donors (Lipinski definition) is 2. The van der Waals surface area contributed by atoms with Gasteiger partial charge in [-0.15, -0.1) is 0 Å². The van der Waals surface area contributed by atoms with E-state index in [9.17, 15) is 4.79 Å². The van der Waals surface area contributed by atoms with Crippen molar-refractivity contribution in [2.24, 2.45) is 7.05 Å². The molecule has 0 aliphatic heterocycles. The van der Waals surface area contributed by atoms with Gasteiger partial charge in [0.25, 0.3) is 5.91 Å². The molecule has 5 heteroatoms. The molecule has 25 heavy (non-hydrogen) atoms. The minimum absolute atomic E-state index is 0.0167. The molecule has 1 aromatic carbocycles. The lowest BCUT2D eigenvalue weighted by Crippen LogP contribution is -3.08. The predicted octanol–water partition coefficient (Wildman–Crippen LogP) is 1.99. The highest BCUT2D eigenvalue weighted by Gasteiger charge is 2.17. The SMILES string of the molecule is Cc1nn(C)c(C)c1NC(=O)C[NH+](C)Cc1ccc(C(C)(C)C)cc1. The molecule has 1 unspecified atom stereocenters. The average molecular weight is 343 g/mol. The smallest absolute Gasteiger partial charge is 0.279 e. The van der Waals surface area contributed by atoms with Crippen molar-refractivity contribution in [2.45, 2.75) is 46.6 Å². The Balaban J connectivity index is 1.93. The van der Waals surface area contributed by atoms with E-state index < -0.39 is 0 Å². The molecule has 136 valence electrons. The van der Waals surface area contributed by atoms with E-state index in [1.165, 1.54) is 11.1 Å². The summed E-state index contributed by atoms with van der Waals surface area (Å²) in [5.74, 6) is 0.0167. The number of benzene rings is 1. The molecule has 2 aromatic rings. The second kappa shape index (κ2) is 7.40. The third kappa shape index (κ3) is 4.92. The zero-order valence-corrected chi connectivity index (χ0v) is 16.5. The van der Waals surface area contributed by atoms with Gasteiger partial charge in [0.2, 0.25) is 0 Å². The molecule has 2 N–H and O–H groups in total. The summed E-state index contributed by atoms with van der Waals surface area (Å²) in [5.41, 5.74) is 5.39. The van der Waals surface area contributed by atoms with Crippen molar-refractivity contribution >= 4 is 11.6 Å². The van der Waals surface area contributed by atoms with Crippen LogP contribution in [0.5, 0.6) is 0 Å². The Bertz CT molecular complexity index is 738. The molecule has 0 aliphatic rings. The molecule has 0 bridgehead atoms. The Morgan fingerprint density at radius 2 is 1.80 bits per heavy atom. The second-order valence-corrected chi connectivity index (χ2v) is 7.98. The molecule has 0 saturated carbocycles. The number of rotatable bonds is 5. The molecule has 0 saturated heterocycles. The summed E-state index contributed by atoms with van der Waals surface area (Å²) in [6, 6.07) is 8.70. The minimum atomic E-state index is 0.0167. The third-order valence-electron chi connectivity index (χ3n) is 4.56. The number of likely N-dealkylation sites (N-methyl/N-ethyl adjacent to an activating group) is 1. The normalized spacial score (nSPS) is 12.9. The van der Waals surface area contributed by atoms with Gasteiger partial charge in [0, 0.05) is 12.6 Å². The first-order valence-electron chi connectivity index (χ1n) is 8.78. The molecule has 0 radical (unpaired) electrons. The first-order valence-corrected chi connectivity index (χ1v) is 8.78. The average Bonchev–Trinajstić information content (AvgIpc) is 2.73. The Morgan fingerprint density at radius 1 is 1.20 bits per heavy atom. The highest BCUT2D eigenvalue weighted by Crippen LogP contribution is 2.22. The van der Waals surface area contributed by atoms with Crippen LogP contribution in [-0.2, 0) is 23.8 Å². The molecule has 1 aromatic heterocycles. The molecule has 0 aliphatic carbocycles. The second-order valence-electron chi connectivity index (χ2n) is 7.98. The van der Waals surface area contributed by atoms with Crippen LogP contribution in [0.1, 0.15) is 43.3 Å². The molecular weight excluding hydrogens is 312 g/mol. The van der Waals surface area contributed by atoms with Crippen molar-refractivity contribution in [1.82, 2.24) is 9.78 Å². The summed E-state index contributed by atoms with van der Waals surface area (Å²) >= 11 is 0. The summed E-state index contributed by atoms with van der Waals surface area (Å²) in [7, 11) is 3.93. The lowest BCUT2D eigenvalue weighted by Gasteiger charge is -2.19. The Morgan fingerprint density at radius 3 is 2.28 bits per heavy atom. The van der Waals surface area contributed by atoms with Crippen LogP contribution < -0.4 is 10.2 Å².